The minimum atomic E-state index is 0.0530. The number of likely N-dealkylation sites (tertiary alicyclic amines) is 1. The van der Waals surface area contributed by atoms with Crippen LogP contribution in [0.25, 0.3) is 0 Å². The molecule has 1 saturated heterocycles. The molecule has 2 fully saturated rings. The third-order valence-corrected chi connectivity index (χ3v) is 4.70. The first kappa shape index (κ1) is 13.9. The van der Waals surface area contributed by atoms with E-state index in [4.69, 9.17) is 15.6 Å². The Bertz CT molecular complexity index is 476. The van der Waals surface area contributed by atoms with E-state index in [1.165, 1.54) is 12.0 Å². The molecule has 4 heteroatoms. The van der Waals surface area contributed by atoms with Gasteiger partial charge in [-0.15, -0.1) is 0 Å². The predicted molar refractivity (Wildman–Crippen MR) is 78.7 cm³/mol. The molecule has 2 aliphatic rings. The van der Waals surface area contributed by atoms with Crippen LogP contribution in [-0.4, -0.2) is 41.8 Å². The summed E-state index contributed by atoms with van der Waals surface area (Å²) >= 11 is 0. The van der Waals surface area contributed by atoms with Gasteiger partial charge in [0.05, 0.1) is 6.61 Å². The number of piperidine rings is 1. The fraction of sp³-hybridized carbons (Fsp3) is 0.625. The zero-order chi connectivity index (χ0) is 14.1. The third kappa shape index (κ3) is 2.68. The fourth-order valence-electron chi connectivity index (χ4n) is 3.57. The van der Waals surface area contributed by atoms with E-state index in [9.17, 15) is 0 Å². The van der Waals surface area contributed by atoms with Gasteiger partial charge < -0.3 is 15.6 Å². The lowest BCUT2D eigenvalue weighted by atomic mass is 10.0. The number of aryl methyl sites for hydroxylation is 1. The first-order chi connectivity index (χ1) is 9.67. The van der Waals surface area contributed by atoms with Crippen LogP contribution >= 0.6 is 0 Å². The molecule has 1 aromatic rings. The number of ether oxygens (including phenoxy) is 1. The van der Waals surface area contributed by atoms with Gasteiger partial charge in [-0.05, 0) is 42.9 Å². The second-order valence-electron chi connectivity index (χ2n) is 6.15. The van der Waals surface area contributed by atoms with Crippen LogP contribution in [0.1, 0.15) is 24.0 Å². The molecule has 1 aliphatic heterocycles. The molecule has 0 radical (unpaired) electrons. The number of aliphatic hydroxyl groups excluding tert-OH is 1. The van der Waals surface area contributed by atoms with E-state index in [1.807, 2.05) is 6.92 Å². The average molecular weight is 276 g/mol. The molecule has 4 nitrogen and oxygen atoms in total. The Hall–Kier alpha value is -1.10. The number of nitrogens with two attached hydrogens (primary N) is 1. The molecule has 0 aromatic heterocycles. The third-order valence-electron chi connectivity index (χ3n) is 4.70. The van der Waals surface area contributed by atoms with Gasteiger partial charge in [-0.1, -0.05) is 12.1 Å². The van der Waals surface area contributed by atoms with Crippen molar-refractivity contribution >= 4 is 0 Å². The van der Waals surface area contributed by atoms with Crippen molar-refractivity contribution in [2.24, 2.45) is 11.7 Å². The molecule has 3 rings (SSSR count). The van der Waals surface area contributed by atoms with Crippen molar-refractivity contribution in [3.63, 3.8) is 0 Å². The second-order valence-corrected chi connectivity index (χ2v) is 6.15. The standard InChI is InChI=1S/C16H24N2O2/c1-11-2-3-12(6-16(11)20-5-4-19)9-18-10-13-7-14(18)8-15(13)17/h2-3,6,13-15,19H,4-5,7-10,17H2,1H3. The molecule has 3 atom stereocenters. The van der Waals surface area contributed by atoms with Gasteiger partial charge in [0.2, 0.25) is 0 Å². The summed E-state index contributed by atoms with van der Waals surface area (Å²) in [5.74, 6) is 1.58. The summed E-state index contributed by atoms with van der Waals surface area (Å²) in [7, 11) is 0. The Morgan fingerprint density at radius 2 is 2.25 bits per heavy atom. The van der Waals surface area contributed by atoms with Crippen LogP contribution < -0.4 is 10.5 Å². The Balaban J connectivity index is 1.66. The number of hydrogen-bond donors (Lipinski definition) is 2. The lowest BCUT2D eigenvalue weighted by molar-refractivity contribution is 0.190. The Morgan fingerprint density at radius 3 is 2.90 bits per heavy atom. The number of benzene rings is 1. The number of fused-ring (bicyclic) bond motifs is 2. The highest BCUT2D eigenvalue weighted by Gasteiger charge is 2.42. The van der Waals surface area contributed by atoms with Gasteiger partial charge in [0.1, 0.15) is 12.4 Å². The molecule has 110 valence electrons. The smallest absolute Gasteiger partial charge is 0.122 e. The maximum atomic E-state index is 8.87. The topological polar surface area (TPSA) is 58.7 Å². The van der Waals surface area contributed by atoms with Crippen LogP contribution in [0.15, 0.2) is 18.2 Å². The Kier molecular flexibility index (Phi) is 3.96. The monoisotopic (exact) mass is 276 g/mol. The molecule has 1 saturated carbocycles. The van der Waals surface area contributed by atoms with Crippen molar-refractivity contribution in [1.29, 1.82) is 0 Å². The van der Waals surface area contributed by atoms with Crippen LogP contribution in [0.3, 0.4) is 0 Å². The van der Waals surface area contributed by atoms with Crippen molar-refractivity contribution in [2.45, 2.75) is 38.4 Å². The quantitative estimate of drug-likeness (QED) is 0.851. The van der Waals surface area contributed by atoms with E-state index in [-0.39, 0.29) is 6.61 Å². The first-order valence-corrected chi connectivity index (χ1v) is 7.50. The summed E-state index contributed by atoms with van der Waals surface area (Å²) in [6.45, 7) is 4.55. The molecule has 20 heavy (non-hydrogen) atoms. The molecule has 3 unspecified atom stereocenters. The van der Waals surface area contributed by atoms with E-state index in [0.717, 1.165) is 30.8 Å². The van der Waals surface area contributed by atoms with E-state index in [0.29, 0.717) is 24.6 Å². The van der Waals surface area contributed by atoms with E-state index in [1.54, 1.807) is 0 Å². The van der Waals surface area contributed by atoms with Gasteiger partial charge in [0.25, 0.3) is 0 Å². The maximum Gasteiger partial charge on any atom is 0.122 e. The Morgan fingerprint density at radius 1 is 1.40 bits per heavy atom. The lowest BCUT2D eigenvalue weighted by Crippen LogP contribution is -2.40. The number of hydrogen-bond acceptors (Lipinski definition) is 4. The molecule has 1 aromatic carbocycles. The molecule has 2 bridgehead atoms. The molecular formula is C16H24N2O2. The molecular weight excluding hydrogens is 252 g/mol. The van der Waals surface area contributed by atoms with E-state index < -0.39 is 0 Å². The zero-order valence-electron chi connectivity index (χ0n) is 12.1. The predicted octanol–water partition coefficient (Wildman–Crippen LogP) is 1.29. The van der Waals surface area contributed by atoms with Crippen LogP contribution in [-0.2, 0) is 6.54 Å². The first-order valence-electron chi connectivity index (χ1n) is 7.50. The summed E-state index contributed by atoms with van der Waals surface area (Å²) in [5.41, 5.74) is 8.50. The summed E-state index contributed by atoms with van der Waals surface area (Å²) in [5, 5.41) is 8.87. The average Bonchev–Trinajstić information content (AvgIpc) is 2.98. The summed E-state index contributed by atoms with van der Waals surface area (Å²) in [6, 6.07) is 7.46. The highest BCUT2D eigenvalue weighted by Crippen LogP contribution is 2.37. The number of rotatable bonds is 5. The highest BCUT2D eigenvalue weighted by molar-refractivity contribution is 5.36. The molecule has 0 amide bonds. The summed E-state index contributed by atoms with van der Waals surface area (Å²) in [4.78, 5) is 2.55. The van der Waals surface area contributed by atoms with Crippen LogP contribution in [0.2, 0.25) is 0 Å². The molecule has 3 N–H and O–H groups in total. The van der Waals surface area contributed by atoms with E-state index in [2.05, 4.69) is 23.1 Å². The van der Waals surface area contributed by atoms with Gasteiger partial charge in [-0.2, -0.15) is 0 Å². The van der Waals surface area contributed by atoms with Gasteiger partial charge in [-0.25, -0.2) is 0 Å². The van der Waals surface area contributed by atoms with E-state index >= 15 is 0 Å². The van der Waals surface area contributed by atoms with Crippen LogP contribution in [0, 0.1) is 12.8 Å². The van der Waals surface area contributed by atoms with Gasteiger partial charge in [0, 0.05) is 25.2 Å². The SMILES string of the molecule is Cc1ccc(CN2CC3CC2CC3N)cc1OCCO. The maximum absolute atomic E-state index is 8.87. The lowest BCUT2D eigenvalue weighted by Gasteiger charge is -2.30. The zero-order valence-corrected chi connectivity index (χ0v) is 12.1. The fourth-order valence-corrected chi connectivity index (χ4v) is 3.57. The normalized spacial score (nSPS) is 29.1. The molecule has 0 spiro atoms. The van der Waals surface area contributed by atoms with Crippen LogP contribution in [0.4, 0.5) is 0 Å². The second kappa shape index (κ2) is 5.72. The van der Waals surface area contributed by atoms with Crippen LogP contribution in [0.5, 0.6) is 5.75 Å². The summed E-state index contributed by atoms with van der Waals surface area (Å²) in [6.07, 6.45) is 2.41. The van der Waals surface area contributed by atoms with Gasteiger partial charge in [-0.3, -0.25) is 4.90 Å². The highest BCUT2D eigenvalue weighted by atomic mass is 16.5. The minimum Gasteiger partial charge on any atom is -0.491 e. The van der Waals surface area contributed by atoms with Crippen molar-refractivity contribution in [3.8, 4) is 5.75 Å². The van der Waals surface area contributed by atoms with Gasteiger partial charge in [0.15, 0.2) is 0 Å². The van der Waals surface area contributed by atoms with Crippen molar-refractivity contribution in [3.05, 3.63) is 29.3 Å². The van der Waals surface area contributed by atoms with Gasteiger partial charge >= 0.3 is 0 Å². The van der Waals surface area contributed by atoms with Crippen molar-refractivity contribution in [1.82, 2.24) is 4.90 Å². The van der Waals surface area contributed by atoms with Crippen molar-refractivity contribution in [2.75, 3.05) is 19.8 Å². The van der Waals surface area contributed by atoms with Crippen molar-refractivity contribution < 1.29 is 9.84 Å². The number of nitrogens with zero attached hydrogens (tertiary/aromatic N) is 1. The molecule has 1 aliphatic carbocycles. The Labute approximate surface area is 120 Å². The number of aliphatic hydroxyl groups is 1. The molecule has 1 heterocycles. The largest absolute Gasteiger partial charge is 0.491 e. The summed E-state index contributed by atoms with van der Waals surface area (Å²) < 4.78 is 5.58. The minimum absolute atomic E-state index is 0.0530.